The van der Waals surface area contributed by atoms with Gasteiger partial charge >= 0.3 is 0 Å². The molecule has 3 heteroatoms. The van der Waals surface area contributed by atoms with Gasteiger partial charge in [-0.25, -0.2) is 0 Å². The Labute approximate surface area is 151 Å². The zero-order valence-electron chi connectivity index (χ0n) is 14.1. The Morgan fingerprint density at radius 3 is 2.15 bits per heavy atom. The van der Waals surface area contributed by atoms with Crippen molar-refractivity contribution in [1.29, 1.82) is 0 Å². The molecule has 1 heterocycles. The third-order valence-electron chi connectivity index (χ3n) is 4.51. The van der Waals surface area contributed by atoms with E-state index in [1.807, 2.05) is 78.9 Å². The van der Waals surface area contributed by atoms with E-state index in [2.05, 4.69) is 0 Å². The summed E-state index contributed by atoms with van der Waals surface area (Å²) in [6.45, 7) is 0.0361. The van der Waals surface area contributed by atoms with E-state index in [4.69, 9.17) is 0 Å². The molecule has 4 rings (SSSR count). The molecule has 0 amide bonds. The number of hydrogen-bond donors (Lipinski definition) is 0. The minimum absolute atomic E-state index is 0.0361. The van der Waals surface area contributed by atoms with Crippen LogP contribution in [0.5, 0.6) is 0 Å². The van der Waals surface area contributed by atoms with Crippen molar-refractivity contribution in [3.63, 3.8) is 0 Å². The van der Waals surface area contributed by atoms with Crippen molar-refractivity contribution in [1.82, 2.24) is 4.57 Å². The van der Waals surface area contributed by atoms with Crippen LogP contribution in [0.15, 0.2) is 95.9 Å². The molecule has 0 saturated carbocycles. The van der Waals surface area contributed by atoms with Crippen LogP contribution in [0, 0.1) is 0 Å². The first-order valence-electron chi connectivity index (χ1n) is 8.49. The largest absolute Gasteiger partial charge is 0.307 e. The lowest BCUT2D eigenvalue weighted by Gasteiger charge is -2.08. The van der Waals surface area contributed by atoms with Crippen molar-refractivity contribution in [2.45, 2.75) is 6.54 Å². The van der Waals surface area contributed by atoms with Gasteiger partial charge in [0, 0.05) is 17.1 Å². The number of Topliss-reactive ketones (excluding diaryl/α,β-unsaturated/α-hetero) is 1. The van der Waals surface area contributed by atoms with Crippen molar-refractivity contribution < 1.29 is 4.79 Å². The molecule has 0 radical (unpaired) electrons. The van der Waals surface area contributed by atoms with E-state index in [0.717, 1.165) is 16.5 Å². The number of hydrogen-bond acceptors (Lipinski definition) is 2. The average molecular weight is 339 g/mol. The van der Waals surface area contributed by atoms with Gasteiger partial charge in [0.25, 0.3) is 5.56 Å². The highest BCUT2D eigenvalue weighted by molar-refractivity contribution is 5.96. The predicted molar refractivity (Wildman–Crippen MR) is 104 cm³/mol. The zero-order valence-corrected chi connectivity index (χ0v) is 14.1. The molecule has 1 aromatic heterocycles. The normalized spacial score (nSPS) is 10.8. The molecule has 0 fully saturated rings. The fraction of sp³-hybridized carbons (Fsp3) is 0.0435. The van der Waals surface area contributed by atoms with Gasteiger partial charge in [-0.05, 0) is 28.6 Å². The van der Waals surface area contributed by atoms with Crippen LogP contribution in [0.3, 0.4) is 0 Å². The van der Waals surface area contributed by atoms with Crippen LogP contribution in [0.2, 0.25) is 0 Å². The lowest BCUT2D eigenvalue weighted by atomic mass is 10.0. The number of rotatable bonds is 4. The highest BCUT2D eigenvalue weighted by atomic mass is 16.1. The van der Waals surface area contributed by atoms with E-state index >= 15 is 0 Å². The summed E-state index contributed by atoms with van der Waals surface area (Å²) in [5.41, 5.74) is 2.63. The van der Waals surface area contributed by atoms with Crippen LogP contribution in [0.1, 0.15) is 10.4 Å². The standard InChI is InChI=1S/C23H17NO2/c25-22(16-24-15-14-19-8-4-5-9-21(19)23(24)26)20-12-10-18(11-13-20)17-6-2-1-3-7-17/h1-15H,16H2. The highest BCUT2D eigenvalue weighted by Gasteiger charge is 2.10. The summed E-state index contributed by atoms with van der Waals surface area (Å²) in [5, 5.41) is 1.51. The summed E-state index contributed by atoms with van der Waals surface area (Å²) >= 11 is 0. The smallest absolute Gasteiger partial charge is 0.258 e. The average Bonchev–Trinajstić information content (AvgIpc) is 2.71. The number of nitrogens with zero attached hydrogens (tertiary/aromatic N) is 1. The summed E-state index contributed by atoms with van der Waals surface area (Å²) in [5.74, 6) is -0.0815. The topological polar surface area (TPSA) is 39.1 Å². The third kappa shape index (κ3) is 3.07. The number of carbonyl (C=O) groups is 1. The fourth-order valence-corrected chi connectivity index (χ4v) is 3.08. The molecule has 3 nitrogen and oxygen atoms in total. The minimum Gasteiger partial charge on any atom is -0.307 e. The molecular weight excluding hydrogens is 322 g/mol. The third-order valence-corrected chi connectivity index (χ3v) is 4.51. The Bertz CT molecular complexity index is 1130. The maximum Gasteiger partial charge on any atom is 0.258 e. The molecule has 0 N–H and O–H groups in total. The number of ketones is 1. The van der Waals surface area contributed by atoms with Crippen molar-refractivity contribution >= 4 is 16.6 Å². The van der Waals surface area contributed by atoms with Gasteiger partial charge in [-0.2, -0.15) is 0 Å². The molecule has 4 aromatic rings. The Hall–Kier alpha value is -3.46. The van der Waals surface area contributed by atoms with Gasteiger partial charge in [-0.1, -0.05) is 72.8 Å². The zero-order chi connectivity index (χ0) is 17.9. The molecule has 126 valence electrons. The van der Waals surface area contributed by atoms with Crippen LogP contribution in [0.4, 0.5) is 0 Å². The molecule has 0 aliphatic heterocycles. The first-order valence-corrected chi connectivity index (χ1v) is 8.49. The van der Waals surface area contributed by atoms with Gasteiger partial charge in [0.15, 0.2) is 5.78 Å². The molecule has 0 saturated heterocycles. The van der Waals surface area contributed by atoms with Gasteiger partial charge in [0.05, 0.1) is 6.54 Å². The Morgan fingerprint density at radius 2 is 1.38 bits per heavy atom. The molecule has 3 aromatic carbocycles. The molecule has 0 spiro atoms. The SMILES string of the molecule is O=C(Cn1ccc2ccccc2c1=O)c1ccc(-c2ccccc2)cc1. The van der Waals surface area contributed by atoms with Gasteiger partial charge in [-0.3, -0.25) is 9.59 Å². The van der Waals surface area contributed by atoms with Gasteiger partial charge in [0.2, 0.25) is 0 Å². The first kappa shape index (κ1) is 16.0. The monoisotopic (exact) mass is 339 g/mol. The number of carbonyl (C=O) groups excluding carboxylic acids is 1. The number of pyridine rings is 1. The molecule has 0 atom stereocenters. The second-order valence-electron chi connectivity index (χ2n) is 6.20. The number of benzene rings is 3. The van der Waals surface area contributed by atoms with E-state index in [0.29, 0.717) is 10.9 Å². The molecule has 0 aliphatic rings. The van der Waals surface area contributed by atoms with Gasteiger partial charge in [-0.15, -0.1) is 0 Å². The highest BCUT2D eigenvalue weighted by Crippen LogP contribution is 2.19. The fourth-order valence-electron chi connectivity index (χ4n) is 3.08. The van der Waals surface area contributed by atoms with Crippen LogP contribution >= 0.6 is 0 Å². The maximum absolute atomic E-state index is 12.6. The molecule has 0 bridgehead atoms. The maximum atomic E-state index is 12.6. The summed E-state index contributed by atoms with van der Waals surface area (Å²) in [4.78, 5) is 25.1. The second-order valence-corrected chi connectivity index (χ2v) is 6.20. The molecule has 0 aliphatic carbocycles. The number of fused-ring (bicyclic) bond motifs is 1. The van der Waals surface area contributed by atoms with Crippen LogP contribution in [-0.4, -0.2) is 10.4 Å². The lowest BCUT2D eigenvalue weighted by molar-refractivity contribution is 0.0971. The van der Waals surface area contributed by atoms with Gasteiger partial charge in [0.1, 0.15) is 0 Å². The Balaban J connectivity index is 1.59. The van der Waals surface area contributed by atoms with E-state index < -0.39 is 0 Å². The van der Waals surface area contributed by atoms with Crippen molar-refractivity contribution in [2.75, 3.05) is 0 Å². The second kappa shape index (κ2) is 6.81. The first-order chi connectivity index (χ1) is 12.7. The lowest BCUT2D eigenvalue weighted by Crippen LogP contribution is -2.23. The van der Waals surface area contributed by atoms with Crippen molar-refractivity contribution in [2.24, 2.45) is 0 Å². The van der Waals surface area contributed by atoms with E-state index in [1.165, 1.54) is 4.57 Å². The van der Waals surface area contributed by atoms with Crippen molar-refractivity contribution in [3.05, 3.63) is 107 Å². The summed E-state index contributed by atoms with van der Waals surface area (Å²) in [6.07, 6.45) is 1.68. The Morgan fingerprint density at radius 1 is 0.731 bits per heavy atom. The molecular formula is C23H17NO2. The summed E-state index contributed by atoms with van der Waals surface area (Å²) < 4.78 is 1.47. The molecule has 26 heavy (non-hydrogen) atoms. The minimum atomic E-state index is -0.141. The predicted octanol–water partition coefficient (Wildman–Crippen LogP) is 4.55. The summed E-state index contributed by atoms with van der Waals surface area (Å²) in [7, 11) is 0. The van der Waals surface area contributed by atoms with Crippen molar-refractivity contribution in [3.8, 4) is 11.1 Å². The van der Waals surface area contributed by atoms with E-state index in [1.54, 1.807) is 12.3 Å². The molecule has 0 unspecified atom stereocenters. The quantitative estimate of drug-likeness (QED) is 0.512. The van der Waals surface area contributed by atoms with E-state index in [9.17, 15) is 9.59 Å². The van der Waals surface area contributed by atoms with Gasteiger partial charge < -0.3 is 4.57 Å². The van der Waals surface area contributed by atoms with E-state index in [-0.39, 0.29) is 17.9 Å². The van der Waals surface area contributed by atoms with Crippen LogP contribution < -0.4 is 5.56 Å². The van der Waals surface area contributed by atoms with Crippen LogP contribution in [0.25, 0.3) is 21.9 Å². The summed E-state index contributed by atoms with van der Waals surface area (Å²) in [6, 6.07) is 26.8. The van der Waals surface area contributed by atoms with Crippen LogP contribution in [-0.2, 0) is 6.54 Å². The number of aromatic nitrogens is 1. The Kier molecular flexibility index (Phi) is 4.20.